The van der Waals surface area contributed by atoms with Gasteiger partial charge in [-0.3, -0.25) is 4.79 Å². The molecule has 0 saturated carbocycles. The summed E-state index contributed by atoms with van der Waals surface area (Å²) in [5.41, 5.74) is 0. The smallest absolute Gasteiger partial charge is 0.305 e. The SMILES string of the molecule is N#Cc1ccc(S(=O)(=O)N2CCOCC2CC(=O)O)s1. The minimum absolute atomic E-state index is 0.0475. The summed E-state index contributed by atoms with van der Waals surface area (Å²) in [5.74, 6) is -1.08. The number of carboxylic acid groups (broad SMARTS) is 1. The first-order valence-corrected chi connectivity index (χ1v) is 8.02. The van der Waals surface area contributed by atoms with Gasteiger partial charge in [0.05, 0.1) is 25.7 Å². The number of nitriles is 1. The van der Waals surface area contributed by atoms with Gasteiger partial charge in [-0.2, -0.15) is 9.57 Å². The minimum atomic E-state index is -3.79. The molecule has 1 aromatic rings. The van der Waals surface area contributed by atoms with Crippen LogP contribution in [0.2, 0.25) is 0 Å². The molecule has 2 rings (SSSR count). The van der Waals surface area contributed by atoms with Crippen molar-refractivity contribution < 1.29 is 23.1 Å². The number of sulfonamides is 1. The van der Waals surface area contributed by atoms with Gasteiger partial charge in [0.25, 0.3) is 10.0 Å². The highest BCUT2D eigenvalue weighted by Crippen LogP contribution is 2.27. The van der Waals surface area contributed by atoms with Crippen molar-refractivity contribution >= 4 is 27.3 Å². The zero-order chi connectivity index (χ0) is 14.8. The van der Waals surface area contributed by atoms with Gasteiger partial charge >= 0.3 is 5.97 Å². The molecule has 0 radical (unpaired) electrons. The summed E-state index contributed by atoms with van der Waals surface area (Å²) >= 11 is 0.875. The van der Waals surface area contributed by atoms with E-state index in [1.807, 2.05) is 6.07 Å². The first-order chi connectivity index (χ1) is 9.45. The van der Waals surface area contributed by atoms with Gasteiger partial charge < -0.3 is 9.84 Å². The Morgan fingerprint density at radius 3 is 2.95 bits per heavy atom. The van der Waals surface area contributed by atoms with Crippen molar-refractivity contribution in [3.63, 3.8) is 0 Å². The lowest BCUT2D eigenvalue weighted by Crippen LogP contribution is -2.49. The number of morpholine rings is 1. The van der Waals surface area contributed by atoms with E-state index in [0.717, 1.165) is 15.6 Å². The van der Waals surface area contributed by atoms with E-state index in [1.165, 1.54) is 12.1 Å². The first kappa shape index (κ1) is 14.9. The van der Waals surface area contributed by atoms with E-state index in [9.17, 15) is 13.2 Å². The predicted octanol–water partition coefficient (Wildman–Crippen LogP) is 0.484. The quantitative estimate of drug-likeness (QED) is 0.866. The third-order valence-corrected chi connectivity index (χ3v) is 6.25. The van der Waals surface area contributed by atoms with Gasteiger partial charge in [-0.05, 0) is 12.1 Å². The molecule has 20 heavy (non-hydrogen) atoms. The van der Waals surface area contributed by atoms with Crippen LogP contribution >= 0.6 is 11.3 Å². The van der Waals surface area contributed by atoms with E-state index in [1.54, 1.807) is 0 Å². The maximum absolute atomic E-state index is 12.5. The standard InChI is InChI=1S/C11H12N2O5S2/c12-6-9-1-2-11(19-9)20(16,17)13-3-4-18-7-8(13)5-10(14)15/h1-2,8H,3-5,7H2,(H,14,15). The second-order valence-electron chi connectivity index (χ2n) is 4.17. The molecule has 1 aliphatic rings. The number of hydrogen-bond donors (Lipinski definition) is 1. The molecule has 0 aromatic carbocycles. The molecule has 108 valence electrons. The molecule has 1 atom stereocenters. The van der Waals surface area contributed by atoms with Crippen LogP contribution in [0.5, 0.6) is 0 Å². The molecule has 0 spiro atoms. The Kier molecular flexibility index (Phi) is 4.39. The van der Waals surface area contributed by atoms with E-state index < -0.39 is 22.0 Å². The highest BCUT2D eigenvalue weighted by atomic mass is 32.2. The van der Waals surface area contributed by atoms with Crippen LogP contribution in [-0.4, -0.2) is 49.6 Å². The van der Waals surface area contributed by atoms with Gasteiger partial charge in [0.15, 0.2) is 0 Å². The van der Waals surface area contributed by atoms with E-state index in [4.69, 9.17) is 15.1 Å². The number of thiophene rings is 1. The van der Waals surface area contributed by atoms with Crippen molar-refractivity contribution in [3.05, 3.63) is 17.0 Å². The monoisotopic (exact) mass is 316 g/mol. The maximum atomic E-state index is 12.5. The number of rotatable bonds is 4. The van der Waals surface area contributed by atoms with E-state index in [2.05, 4.69) is 0 Å². The molecule has 7 nitrogen and oxygen atoms in total. The van der Waals surface area contributed by atoms with Crippen LogP contribution in [0, 0.1) is 11.3 Å². The molecule has 1 fully saturated rings. The molecule has 1 aliphatic heterocycles. The summed E-state index contributed by atoms with van der Waals surface area (Å²) in [7, 11) is -3.79. The molecule has 0 aliphatic carbocycles. The zero-order valence-corrected chi connectivity index (χ0v) is 12.0. The Bertz CT molecular complexity index is 646. The van der Waals surface area contributed by atoms with Crippen LogP contribution in [0.25, 0.3) is 0 Å². The number of aliphatic carboxylic acids is 1. The van der Waals surface area contributed by atoms with E-state index >= 15 is 0 Å². The fourth-order valence-electron chi connectivity index (χ4n) is 1.95. The topological polar surface area (TPSA) is 108 Å². The Morgan fingerprint density at radius 1 is 1.60 bits per heavy atom. The molecular weight excluding hydrogens is 304 g/mol. The van der Waals surface area contributed by atoms with Gasteiger partial charge in [0.2, 0.25) is 0 Å². The van der Waals surface area contributed by atoms with Crippen LogP contribution in [0.4, 0.5) is 0 Å². The molecule has 1 saturated heterocycles. The molecule has 1 aromatic heterocycles. The van der Waals surface area contributed by atoms with Gasteiger partial charge in [0.1, 0.15) is 15.2 Å². The Hall–Kier alpha value is -1.47. The summed E-state index contributed by atoms with van der Waals surface area (Å²) in [6, 6.07) is 3.96. The van der Waals surface area contributed by atoms with Crippen molar-refractivity contribution in [3.8, 4) is 6.07 Å². The van der Waals surface area contributed by atoms with E-state index in [-0.39, 0.29) is 30.4 Å². The lowest BCUT2D eigenvalue weighted by Gasteiger charge is -2.33. The number of carboxylic acids is 1. The lowest BCUT2D eigenvalue weighted by molar-refractivity contribution is -0.139. The highest BCUT2D eigenvalue weighted by Gasteiger charge is 2.36. The van der Waals surface area contributed by atoms with Crippen molar-refractivity contribution in [2.75, 3.05) is 19.8 Å². The fraction of sp³-hybridized carbons (Fsp3) is 0.455. The third-order valence-electron chi connectivity index (χ3n) is 2.84. The average molecular weight is 316 g/mol. The van der Waals surface area contributed by atoms with Crippen molar-refractivity contribution in [1.29, 1.82) is 5.26 Å². The molecule has 1 N–H and O–H groups in total. The summed E-state index contributed by atoms with van der Waals surface area (Å²) in [5, 5.41) is 17.6. The van der Waals surface area contributed by atoms with Gasteiger partial charge in [-0.15, -0.1) is 11.3 Å². The van der Waals surface area contributed by atoms with E-state index in [0.29, 0.717) is 4.88 Å². The number of ether oxygens (including phenoxy) is 1. The van der Waals surface area contributed by atoms with Gasteiger partial charge in [-0.1, -0.05) is 0 Å². The summed E-state index contributed by atoms with van der Waals surface area (Å²) in [6.07, 6.45) is -0.310. The predicted molar refractivity (Wildman–Crippen MR) is 69.8 cm³/mol. The Labute approximate surface area is 120 Å². The molecule has 0 bridgehead atoms. The average Bonchev–Trinajstić information content (AvgIpc) is 2.88. The zero-order valence-electron chi connectivity index (χ0n) is 10.4. The molecule has 0 amide bonds. The van der Waals surface area contributed by atoms with Crippen molar-refractivity contribution in [2.24, 2.45) is 0 Å². The maximum Gasteiger partial charge on any atom is 0.305 e. The van der Waals surface area contributed by atoms with Gasteiger partial charge in [0, 0.05) is 6.54 Å². The van der Waals surface area contributed by atoms with Crippen LogP contribution in [0.15, 0.2) is 16.3 Å². The van der Waals surface area contributed by atoms with Crippen LogP contribution in [0.1, 0.15) is 11.3 Å². The Morgan fingerprint density at radius 2 is 2.35 bits per heavy atom. The van der Waals surface area contributed by atoms with Crippen LogP contribution in [0.3, 0.4) is 0 Å². The Balaban J connectivity index is 2.30. The first-order valence-electron chi connectivity index (χ1n) is 5.76. The molecule has 1 unspecified atom stereocenters. The normalized spacial score (nSPS) is 20.4. The minimum Gasteiger partial charge on any atom is -0.481 e. The highest BCUT2D eigenvalue weighted by molar-refractivity contribution is 7.91. The number of hydrogen-bond acceptors (Lipinski definition) is 6. The lowest BCUT2D eigenvalue weighted by atomic mass is 10.2. The molecule has 2 heterocycles. The second-order valence-corrected chi connectivity index (χ2v) is 7.37. The molecule has 9 heteroatoms. The van der Waals surface area contributed by atoms with Gasteiger partial charge in [-0.25, -0.2) is 8.42 Å². The fourth-order valence-corrected chi connectivity index (χ4v) is 4.78. The summed E-state index contributed by atoms with van der Waals surface area (Å²) in [6.45, 7) is 0.397. The second kappa shape index (κ2) is 5.88. The van der Waals surface area contributed by atoms with Crippen molar-refractivity contribution in [1.82, 2.24) is 4.31 Å². The summed E-state index contributed by atoms with van der Waals surface area (Å²) < 4.78 is 31.3. The third kappa shape index (κ3) is 2.99. The van der Waals surface area contributed by atoms with Crippen LogP contribution in [-0.2, 0) is 19.6 Å². The number of carbonyl (C=O) groups is 1. The summed E-state index contributed by atoms with van der Waals surface area (Å²) in [4.78, 5) is 11.1. The van der Waals surface area contributed by atoms with Crippen LogP contribution < -0.4 is 0 Å². The number of nitrogens with zero attached hydrogens (tertiary/aromatic N) is 2. The largest absolute Gasteiger partial charge is 0.481 e. The molecular formula is C11H12N2O5S2. The van der Waals surface area contributed by atoms with Crippen molar-refractivity contribution in [2.45, 2.75) is 16.7 Å².